The maximum atomic E-state index is 11.3. The van der Waals surface area contributed by atoms with E-state index in [1.807, 2.05) is 24.4 Å². The Bertz CT molecular complexity index is 292. The quantitative estimate of drug-likeness (QED) is 0.678. The molecule has 1 aromatic rings. The lowest BCUT2D eigenvalue weighted by atomic mass is 10.2. The van der Waals surface area contributed by atoms with Gasteiger partial charge in [0.05, 0.1) is 6.04 Å². The van der Waals surface area contributed by atoms with E-state index in [1.54, 1.807) is 23.3 Å². The fraction of sp³-hybridized carbons (Fsp3) is 0.300. The van der Waals surface area contributed by atoms with E-state index in [4.69, 9.17) is 0 Å². The van der Waals surface area contributed by atoms with Gasteiger partial charge in [0.25, 0.3) is 0 Å². The van der Waals surface area contributed by atoms with Gasteiger partial charge in [0, 0.05) is 11.9 Å². The molecular formula is C10H13NOS. The lowest BCUT2D eigenvalue weighted by Crippen LogP contribution is -2.27. The van der Waals surface area contributed by atoms with Crippen molar-refractivity contribution < 1.29 is 4.79 Å². The van der Waals surface area contributed by atoms with Gasteiger partial charge in [-0.2, -0.15) is 0 Å². The number of amides is 1. The molecule has 0 saturated heterocycles. The molecule has 0 saturated carbocycles. The predicted molar refractivity (Wildman–Crippen MR) is 55.7 cm³/mol. The van der Waals surface area contributed by atoms with E-state index >= 15 is 0 Å². The second kappa shape index (κ2) is 4.23. The average molecular weight is 195 g/mol. The normalized spacial score (nSPS) is 12.2. The number of hydrogen-bond donors (Lipinski definition) is 0. The van der Waals surface area contributed by atoms with Crippen LogP contribution in [0, 0.1) is 0 Å². The molecule has 0 aliphatic rings. The van der Waals surface area contributed by atoms with Crippen LogP contribution in [0.4, 0.5) is 0 Å². The molecule has 0 bridgehead atoms. The highest BCUT2D eigenvalue weighted by atomic mass is 32.1. The van der Waals surface area contributed by atoms with Crippen LogP contribution in [-0.2, 0) is 4.79 Å². The minimum Gasteiger partial charge on any atom is -0.335 e. The van der Waals surface area contributed by atoms with Gasteiger partial charge in [-0.1, -0.05) is 12.6 Å². The maximum Gasteiger partial charge on any atom is 0.246 e. The van der Waals surface area contributed by atoms with Gasteiger partial charge in [0.2, 0.25) is 5.91 Å². The van der Waals surface area contributed by atoms with Crippen molar-refractivity contribution in [3.05, 3.63) is 35.0 Å². The lowest BCUT2D eigenvalue weighted by Gasteiger charge is -2.22. The summed E-state index contributed by atoms with van der Waals surface area (Å²) in [6, 6.07) is 4.15. The van der Waals surface area contributed by atoms with Crippen molar-refractivity contribution in [3.63, 3.8) is 0 Å². The summed E-state index contributed by atoms with van der Waals surface area (Å²) in [6.45, 7) is 5.46. The Morgan fingerprint density at radius 2 is 2.46 bits per heavy atom. The fourth-order valence-corrected chi connectivity index (χ4v) is 1.88. The summed E-state index contributed by atoms with van der Waals surface area (Å²) in [5, 5.41) is 2.01. The molecule has 1 rings (SSSR count). The number of rotatable bonds is 3. The zero-order valence-electron chi connectivity index (χ0n) is 7.86. The Labute approximate surface area is 82.5 Å². The van der Waals surface area contributed by atoms with Crippen LogP contribution in [0.3, 0.4) is 0 Å². The number of thiophene rings is 1. The molecule has 70 valence electrons. The van der Waals surface area contributed by atoms with Crippen molar-refractivity contribution in [3.8, 4) is 0 Å². The van der Waals surface area contributed by atoms with E-state index < -0.39 is 0 Å². The van der Waals surface area contributed by atoms with Gasteiger partial charge in [0.15, 0.2) is 0 Å². The van der Waals surface area contributed by atoms with Crippen molar-refractivity contribution in [2.24, 2.45) is 0 Å². The third-order valence-electron chi connectivity index (χ3n) is 2.06. The van der Waals surface area contributed by atoms with Gasteiger partial charge < -0.3 is 4.90 Å². The molecule has 3 heteroatoms. The number of likely N-dealkylation sites (N-methyl/N-ethyl adjacent to an activating group) is 1. The smallest absolute Gasteiger partial charge is 0.246 e. The first kappa shape index (κ1) is 9.99. The van der Waals surface area contributed by atoms with Crippen LogP contribution in [0.5, 0.6) is 0 Å². The molecule has 1 heterocycles. The first-order valence-corrected chi connectivity index (χ1v) is 4.97. The van der Waals surface area contributed by atoms with Gasteiger partial charge in [-0.25, -0.2) is 0 Å². The Kier molecular flexibility index (Phi) is 3.25. The van der Waals surface area contributed by atoms with Crippen molar-refractivity contribution in [2.75, 3.05) is 7.05 Å². The van der Waals surface area contributed by atoms with Crippen molar-refractivity contribution in [1.29, 1.82) is 0 Å². The Morgan fingerprint density at radius 3 is 2.92 bits per heavy atom. The van der Waals surface area contributed by atoms with Crippen LogP contribution in [-0.4, -0.2) is 17.9 Å². The molecule has 0 aliphatic carbocycles. The Hall–Kier alpha value is -1.09. The van der Waals surface area contributed by atoms with Crippen LogP contribution < -0.4 is 0 Å². The van der Waals surface area contributed by atoms with Crippen LogP contribution in [0.1, 0.15) is 17.8 Å². The highest BCUT2D eigenvalue weighted by Gasteiger charge is 2.15. The molecule has 0 spiro atoms. The Morgan fingerprint density at radius 1 is 1.77 bits per heavy atom. The summed E-state index contributed by atoms with van der Waals surface area (Å²) in [5.74, 6) is -0.0408. The number of carbonyl (C=O) groups excluding carboxylic acids is 1. The second-order valence-corrected chi connectivity index (χ2v) is 3.82. The van der Waals surface area contributed by atoms with Gasteiger partial charge in [0.1, 0.15) is 0 Å². The molecule has 2 nitrogen and oxygen atoms in total. The first-order chi connectivity index (χ1) is 6.16. The molecule has 0 N–H and O–H groups in total. The number of hydrogen-bond acceptors (Lipinski definition) is 2. The zero-order chi connectivity index (χ0) is 9.84. The minimum atomic E-state index is -0.0408. The molecule has 0 fully saturated rings. The van der Waals surface area contributed by atoms with Crippen molar-refractivity contribution in [2.45, 2.75) is 13.0 Å². The minimum absolute atomic E-state index is 0.0408. The summed E-state index contributed by atoms with van der Waals surface area (Å²) in [6.07, 6.45) is 1.34. The molecule has 0 aliphatic heterocycles. The fourth-order valence-electron chi connectivity index (χ4n) is 1.05. The van der Waals surface area contributed by atoms with Crippen LogP contribution in [0.2, 0.25) is 0 Å². The van der Waals surface area contributed by atoms with Crippen molar-refractivity contribution >= 4 is 17.2 Å². The summed E-state index contributed by atoms with van der Waals surface area (Å²) >= 11 is 1.66. The second-order valence-electron chi connectivity index (χ2n) is 2.84. The molecular weight excluding hydrogens is 182 g/mol. The molecule has 0 radical (unpaired) electrons. The van der Waals surface area contributed by atoms with Crippen LogP contribution in [0.25, 0.3) is 0 Å². The standard InChI is InChI=1S/C10H13NOS/c1-4-10(12)11(3)8(2)9-6-5-7-13-9/h4-8H,1H2,2-3H3. The van der Waals surface area contributed by atoms with Gasteiger partial charge in [-0.15, -0.1) is 11.3 Å². The monoisotopic (exact) mass is 195 g/mol. The van der Waals surface area contributed by atoms with E-state index in [0.717, 1.165) is 0 Å². The topological polar surface area (TPSA) is 20.3 Å². The zero-order valence-corrected chi connectivity index (χ0v) is 8.67. The maximum absolute atomic E-state index is 11.3. The molecule has 1 unspecified atom stereocenters. The van der Waals surface area contributed by atoms with E-state index in [2.05, 4.69) is 6.58 Å². The number of nitrogens with zero attached hydrogens (tertiary/aromatic N) is 1. The van der Waals surface area contributed by atoms with Gasteiger partial charge in [-0.05, 0) is 24.4 Å². The molecule has 1 atom stereocenters. The predicted octanol–water partition coefficient (Wildman–Crippen LogP) is 2.45. The molecule has 13 heavy (non-hydrogen) atoms. The number of carbonyl (C=O) groups is 1. The summed E-state index contributed by atoms with van der Waals surface area (Å²) in [5.41, 5.74) is 0. The third-order valence-corrected chi connectivity index (χ3v) is 3.10. The average Bonchev–Trinajstić information content (AvgIpc) is 2.67. The highest BCUT2D eigenvalue weighted by molar-refractivity contribution is 7.10. The van der Waals surface area contributed by atoms with Crippen LogP contribution >= 0.6 is 11.3 Å². The Balaban J connectivity index is 2.73. The van der Waals surface area contributed by atoms with E-state index in [9.17, 15) is 4.79 Å². The molecule has 1 amide bonds. The van der Waals surface area contributed by atoms with E-state index in [-0.39, 0.29) is 11.9 Å². The van der Waals surface area contributed by atoms with E-state index in [0.29, 0.717) is 0 Å². The summed E-state index contributed by atoms with van der Waals surface area (Å²) in [7, 11) is 1.79. The van der Waals surface area contributed by atoms with Gasteiger partial charge >= 0.3 is 0 Å². The van der Waals surface area contributed by atoms with Crippen molar-refractivity contribution in [1.82, 2.24) is 4.90 Å². The largest absolute Gasteiger partial charge is 0.335 e. The third kappa shape index (κ3) is 2.18. The van der Waals surface area contributed by atoms with Gasteiger partial charge in [-0.3, -0.25) is 4.79 Å². The summed E-state index contributed by atoms with van der Waals surface area (Å²) in [4.78, 5) is 14.1. The summed E-state index contributed by atoms with van der Waals surface area (Å²) < 4.78 is 0. The molecule has 0 aromatic carbocycles. The van der Waals surface area contributed by atoms with E-state index in [1.165, 1.54) is 11.0 Å². The van der Waals surface area contributed by atoms with Crippen LogP contribution in [0.15, 0.2) is 30.2 Å². The highest BCUT2D eigenvalue weighted by Crippen LogP contribution is 2.23. The molecule has 1 aromatic heterocycles. The lowest BCUT2D eigenvalue weighted by molar-refractivity contribution is -0.126. The SMILES string of the molecule is C=CC(=O)N(C)C(C)c1cccs1. The first-order valence-electron chi connectivity index (χ1n) is 4.09.